The van der Waals surface area contributed by atoms with Crippen molar-refractivity contribution in [2.24, 2.45) is 5.92 Å². The average molecular weight is 252 g/mol. The Labute approximate surface area is 109 Å². The van der Waals surface area contributed by atoms with Crippen LogP contribution in [0.15, 0.2) is 6.33 Å². The van der Waals surface area contributed by atoms with Crippen molar-refractivity contribution >= 4 is 11.6 Å². The molecule has 1 aromatic heterocycles. The van der Waals surface area contributed by atoms with Crippen molar-refractivity contribution in [2.45, 2.75) is 39.7 Å². The monoisotopic (exact) mass is 252 g/mol. The fraction of sp³-hybridized carbons (Fsp3) is 0.692. The van der Waals surface area contributed by atoms with Crippen LogP contribution in [0.1, 0.15) is 39.2 Å². The molecule has 0 radical (unpaired) electrons. The highest BCUT2D eigenvalue weighted by atomic mass is 16.3. The molecule has 0 saturated carbocycles. The van der Waals surface area contributed by atoms with E-state index >= 15 is 0 Å². The number of nitrogens with one attached hydrogen (secondary N) is 2. The third-order valence-electron chi connectivity index (χ3n) is 3.02. The van der Waals surface area contributed by atoms with Gasteiger partial charge in [-0.2, -0.15) is 0 Å². The van der Waals surface area contributed by atoms with E-state index in [0.29, 0.717) is 11.8 Å². The van der Waals surface area contributed by atoms with Gasteiger partial charge in [0, 0.05) is 12.6 Å². The van der Waals surface area contributed by atoms with Gasteiger partial charge in [-0.1, -0.05) is 27.7 Å². The molecule has 102 valence electrons. The van der Waals surface area contributed by atoms with Crippen LogP contribution in [0.3, 0.4) is 0 Å². The Morgan fingerprint density at radius 3 is 2.22 bits per heavy atom. The lowest BCUT2D eigenvalue weighted by Crippen LogP contribution is -2.30. The molecular formula is C13H24N4O. The first-order chi connectivity index (χ1) is 8.51. The Hall–Kier alpha value is -1.36. The van der Waals surface area contributed by atoms with Gasteiger partial charge in [0.05, 0.1) is 12.6 Å². The molecule has 0 spiro atoms. The lowest BCUT2D eigenvalue weighted by Gasteiger charge is -2.24. The Bertz CT molecular complexity index is 379. The first-order valence-electron chi connectivity index (χ1n) is 6.41. The molecule has 3 N–H and O–H groups in total. The maximum Gasteiger partial charge on any atom is 0.135 e. The molecule has 0 fully saturated rings. The summed E-state index contributed by atoms with van der Waals surface area (Å²) < 4.78 is 0. The van der Waals surface area contributed by atoms with Gasteiger partial charge in [-0.3, -0.25) is 0 Å². The topological polar surface area (TPSA) is 70.1 Å². The van der Waals surface area contributed by atoms with Gasteiger partial charge in [0.25, 0.3) is 0 Å². The van der Waals surface area contributed by atoms with Crippen LogP contribution in [-0.2, 0) is 0 Å². The third-order valence-corrected chi connectivity index (χ3v) is 3.02. The van der Waals surface area contributed by atoms with Gasteiger partial charge in [0.1, 0.15) is 18.0 Å². The number of rotatable bonds is 6. The molecule has 0 aromatic carbocycles. The van der Waals surface area contributed by atoms with Crippen LogP contribution in [0.4, 0.5) is 11.6 Å². The number of anilines is 2. The number of nitrogens with zero attached hydrogens (tertiary/aromatic N) is 2. The first kappa shape index (κ1) is 14.7. The minimum absolute atomic E-state index is 0.00195. The number of hydrogen-bond donors (Lipinski definition) is 3. The van der Waals surface area contributed by atoms with Crippen molar-refractivity contribution < 1.29 is 5.11 Å². The fourth-order valence-electron chi connectivity index (χ4n) is 1.86. The maximum absolute atomic E-state index is 9.39. The quantitative estimate of drug-likeness (QED) is 0.723. The van der Waals surface area contributed by atoms with E-state index in [9.17, 15) is 5.11 Å². The molecule has 0 aliphatic carbocycles. The lowest BCUT2D eigenvalue weighted by atomic mass is 10.0. The molecule has 0 aliphatic rings. The van der Waals surface area contributed by atoms with Crippen LogP contribution in [0.2, 0.25) is 0 Å². The zero-order chi connectivity index (χ0) is 13.7. The van der Waals surface area contributed by atoms with Gasteiger partial charge in [-0.05, 0) is 11.8 Å². The normalized spacial score (nSPS) is 12.9. The zero-order valence-corrected chi connectivity index (χ0v) is 11.9. The Balaban J connectivity index is 3.07. The molecular weight excluding hydrogens is 228 g/mol. The number of hydrogen-bond acceptors (Lipinski definition) is 5. The summed E-state index contributed by atoms with van der Waals surface area (Å²) >= 11 is 0. The van der Waals surface area contributed by atoms with E-state index in [2.05, 4.69) is 48.3 Å². The summed E-state index contributed by atoms with van der Waals surface area (Å²) in [6, 6.07) is 0.00195. The molecule has 1 rings (SSSR count). The Morgan fingerprint density at radius 2 is 1.78 bits per heavy atom. The summed E-state index contributed by atoms with van der Waals surface area (Å²) in [5, 5.41) is 15.8. The number of aromatic nitrogens is 2. The van der Waals surface area contributed by atoms with Crippen LogP contribution >= 0.6 is 0 Å². The molecule has 18 heavy (non-hydrogen) atoms. The molecule has 5 heteroatoms. The highest BCUT2D eigenvalue weighted by molar-refractivity contribution is 5.59. The fourth-order valence-corrected chi connectivity index (χ4v) is 1.86. The second kappa shape index (κ2) is 6.54. The van der Waals surface area contributed by atoms with Crippen LogP contribution < -0.4 is 10.6 Å². The van der Waals surface area contributed by atoms with Crippen molar-refractivity contribution in [1.82, 2.24) is 9.97 Å². The molecule has 5 nitrogen and oxygen atoms in total. The lowest BCUT2D eigenvalue weighted by molar-refractivity contribution is 0.249. The van der Waals surface area contributed by atoms with E-state index in [-0.39, 0.29) is 12.6 Å². The first-order valence-corrected chi connectivity index (χ1v) is 6.41. The number of aliphatic hydroxyl groups is 1. The maximum atomic E-state index is 9.39. The van der Waals surface area contributed by atoms with E-state index in [4.69, 9.17) is 0 Å². The summed E-state index contributed by atoms with van der Waals surface area (Å²) in [6.45, 7) is 8.45. The molecule has 0 aliphatic heterocycles. The number of aliphatic hydroxyl groups excluding tert-OH is 1. The minimum atomic E-state index is 0.00195. The molecule has 0 bridgehead atoms. The highest BCUT2D eigenvalue weighted by Crippen LogP contribution is 2.28. The zero-order valence-electron chi connectivity index (χ0n) is 11.9. The van der Waals surface area contributed by atoms with Gasteiger partial charge in [-0.15, -0.1) is 0 Å². The smallest absolute Gasteiger partial charge is 0.135 e. The summed E-state index contributed by atoms with van der Waals surface area (Å²) in [5.41, 5.74) is 1.05. The Kier molecular flexibility index (Phi) is 5.34. The average Bonchev–Trinajstić information content (AvgIpc) is 2.34. The molecule has 1 heterocycles. The predicted octanol–water partition coefficient (Wildman–Crippen LogP) is 2.07. The third kappa shape index (κ3) is 3.32. The van der Waals surface area contributed by atoms with Gasteiger partial charge >= 0.3 is 0 Å². The SMILES string of the molecule is CNc1ncnc(N[C@H](CO)C(C)C)c1C(C)C. The van der Waals surface area contributed by atoms with Gasteiger partial charge < -0.3 is 15.7 Å². The predicted molar refractivity (Wildman–Crippen MR) is 75.0 cm³/mol. The molecule has 1 aromatic rings. The minimum Gasteiger partial charge on any atom is -0.394 e. The second-order valence-electron chi connectivity index (χ2n) is 5.07. The van der Waals surface area contributed by atoms with Crippen molar-refractivity contribution in [1.29, 1.82) is 0 Å². The van der Waals surface area contributed by atoms with E-state index in [1.165, 1.54) is 6.33 Å². The van der Waals surface area contributed by atoms with Crippen molar-refractivity contribution in [2.75, 3.05) is 24.3 Å². The van der Waals surface area contributed by atoms with Crippen LogP contribution in [0.25, 0.3) is 0 Å². The molecule has 0 saturated heterocycles. The van der Waals surface area contributed by atoms with E-state index in [1.807, 2.05) is 7.05 Å². The molecule has 0 amide bonds. The van der Waals surface area contributed by atoms with Crippen LogP contribution in [0, 0.1) is 5.92 Å². The summed E-state index contributed by atoms with van der Waals surface area (Å²) in [6.07, 6.45) is 1.54. The van der Waals surface area contributed by atoms with E-state index in [1.54, 1.807) is 0 Å². The molecule has 1 atom stereocenters. The van der Waals surface area contributed by atoms with E-state index in [0.717, 1.165) is 17.2 Å². The summed E-state index contributed by atoms with van der Waals surface area (Å²) in [7, 11) is 1.85. The van der Waals surface area contributed by atoms with Crippen molar-refractivity contribution in [3.05, 3.63) is 11.9 Å². The molecule has 0 unspecified atom stereocenters. The van der Waals surface area contributed by atoms with Crippen molar-refractivity contribution in [3.8, 4) is 0 Å². The summed E-state index contributed by atoms with van der Waals surface area (Å²) in [5.74, 6) is 2.28. The van der Waals surface area contributed by atoms with Gasteiger partial charge in [0.2, 0.25) is 0 Å². The Morgan fingerprint density at radius 1 is 1.17 bits per heavy atom. The highest BCUT2D eigenvalue weighted by Gasteiger charge is 2.18. The standard InChI is InChI=1S/C13H24N4O/c1-8(2)10(6-18)17-13-11(9(3)4)12(14-5)15-7-16-13/h7-10,18H,6H2,1-5H3,(H2,14,15,16,17)/t10-/m1/s1. The van der Waals surface area contributed by atoms with Gasteiger partial charge in [0.15, 0.2) is 0 Å². The van der Waals surface area contributed by atoms with E-state index < -0.39 is 0 Å². The largest absolute Gasteiger partial charge is 0.394 e. The van der Waals surface area contributed by atoms with Crippen LogP contribution in [-0.4, -0.2) is 34.8 Å². The van der Waals surface area contributed by atoms with Crippen molar-refractivity contribution in [3.63, 3.8) is 0 Å². The van der Waals surface area contributed by atoms with Gasteiger partial charge in [-0.25, -0.2) is 9.97 Å². The van der Waals surface area contributed by atoms with Crippen LogP contribution in [0.5, 0.6) is 0 Å². The second-order valence-corrected chi connectivity index (χ2v) is 5.07. The summed E-state index contributed by atoms with van der Waals surface area (Å²) in [4.78, 5) is 8.54.